The van der Waals surface area contributed by atoms with Crippen molar-refractivity contribution in [1.82, 2.24) is 20.4 Å². The van der Waals surface area contributed by atoms with E-state index in [9.17, 15) is 4.79 Å². The van der Waals surface area contributed by atoms with Gasteiger partial charge in [-0.15, -0.1) is 0 Å². The third kappa shape index (κ3) is 3.89. The van der Waals surface area contributed by atoms with E-state index >= 15 is 0 Å². The molecule has 1 amide bonds. The highest BCUT2D eigenvalue weighted by molar-refractivity contribution is 5.86. The molecule has 2 N–H and O–H groups in total. The Morgan fingerprint density at radius 3 is 2.26 bits per heavy atom. The molecule has 3 rings (SSSR count). The number of nitrogens with zero attached hydrogens (tertiary/aromatic N) is 2. The van der Waals surface area contributed by atoms with E-state index in [2.05, 4.69) is 34.3 Å². The van der Waals surface area contributed by atoms with Crippen molar-refractivity contribution < 1.29 is 4.79 Å². The second-order valence-electron chi connectivity index (χ2n) is 7.90. The summed E-state index contributed by atoms with van der Waals surface area (Å²) in [5.41, 5.74) is -0.333. The number of amides is 1. The molecule has 3 heterocycles. The highest BCUT2D eigenvalue weighted by Gasteiger charge is 2.43. The summed E-state index contributed by atoms with van der Waals surface area (Å²) in [6.45, 7) is 10.6. The third-order valence-electron chi connectivity index (χ3n) is 5.84. The van der Waals surface area contributed by atoms with Gasteiger partial charge in [-0.1, -0.05) is 0 Å². The molecular formula is C18H34N4O. The molecule has 0 radical (unpaired) electrons. The monoisotopic (exact) mass is 322 g/mol. The minimum Gasteiger partial charge on any atom is -0.341 e. The molecule has 5 heteroatoms. The fraction of sp³-hybridized carbons (Fsp3) is 0.944. The first kappa shape index (κ1) is 17.2. The topological polar surface area (TPSA) is 47.6 Å². The molecule has 132 valence electrons. The standard InChI is InChI=1S/C18H34N4O/c1-15(2)20-18(7-9-19-10-8-18)17(23)22-13-5-16(6-14-22)21-11-3-4-12-21/h15-16,19-20H,3-14H2,1-2H3. The van der Waals surface area contributed by atoms with E-state index in [1.54, 1.807) is 0 Å². The van der Waals surface area contributed by atoms with Gasteiger partial charge in [0.15, 0.2) is 0 Å². The zero-order chi connectivity index (χ0) is 16.3. The first-order chi connectivity index (χ1) is 11.1. The molecule has 0 aliphatic carbocycles. The normalized spacial score (nSPS) is 26.8. The van der Waals surface area contributed by atoms with Crippen LogP contribution in [0, 0.1) is 0 Å². The van der Waals surface area contributed by atoms with Crippen molar-refractivity contribution in [3.63, 3.8) is 0 Å². The Hall–Kier alpha value is -0.650. The Bertz CT molecular complexity index is 392. The van der Waals surface area contributed by atoms with Gasteiger partial charge >= 0.3 is 0 Å². The largest absolute Gasteiger partial charge is 0.341 e. The molecule has 0 aromatic carbocycles. The van der Waals surface area contributed by atoms with Gasteiger partial charge in [-0.25, -0.2) is 0 Å². The van der Waals surface area contributed by atoms with Gasteiger partial charge in [0.05, 0.1) is 0 Å². The number of likely N-dealkylation sites (tertiary alicyclic amines) is 2. The Morgan fingerprint density at radius 1 is 1.09 bits per heavy atom. The minimum atomic E-state index is -0.333. The Balaban J connectivity index is 1.60. The van der Waals surface area contributed by atoms with Crippen LogP contribution in [0.25, 0.3) is 0 Å². The molecule has 0 bridgehead atoms. The number of hydrogen-bond acceptors (Lipinski definition) is 4. The van der Waals surface area contributed by atoms with Gasteiger partial charge < -0.3 is 20.4 Å². The number of rotatable bonds is 4. The van der Waals surface area contributed by atoms with E-state index in [0.29, 0.717) is 18.0 Å². The summed E-state index contributed by atoms with van der Waals surface area (Å²) in [5.74, 6) is 0.354. The number of carbonyl (C=O) groups is 1. The van der Waals surface area contributed by atoms with Crippen LogP contribution in [0.2, 0.25) is 0 Å². The van der Waals surface area contributed by atoms with Crippen LogP contribution >= 0.6 is 0 Å². The van der Waals surface area contributed by atoms with Gasteiger partial charge in [-0.05, 0) is 78.6 Å². The van der Waals surface area contributed by atoms with Crippen molar-refractivity contribution in [2.24, 2.45) is 0 Å². The summed E-state index contributed by atoms with van der Waals surface area (Å²) >= 11 is 0. The van der Waals surface area contributed by atoms with E-state index in [-0.39, 0.29) is 5.54 Å². The molecule has 0 spiro atoms. The highest BCUT2D eigenvalue weighted by atomic mass is 16.2. The van der Waals surface area contributed by atoms with Crippen LogP contribution in [-0.2, 0) is 4.79 Å². The molecule has 0 atom stereocenters. The number of piperidine rings is 2. The predicted molar refractivity (Wildman–Crippen MR) is 93.5 cm³/mol. The molecule has 0 unspecified atom stereocenters. The molecule has 0 saturated carbocycles. The summed E-state index contributed by atoms with van der Waals surface area (Å²) in [4.78, 5) is 18.1. The van der Waals surface area contributed by atoms with Crippen LogP contribution in [0.3, 0.4) is 0 Å². The highest BCUT2D eigenvalue weighted by Crippen LogP contribution is 2.26. The lowest BCUT2D eigenvalue weighted by molar-refractivity contribution is -0.141. The van der Waals surface area contributed by atoms with Crippen LogP contribution in [0.1, 0.15) is 52.4 Å². The van der Waals surface area contributed by atoms with Crippen LogP contribution in [-0.4, -0.2) is 72.6 Å². The minimum absolute atomic E-state index is 0.333. The van der Waals surface area contributed by atoms with Crippen molar-refractivity contribution in [3.05, 3.63) is 0 Å². The molecular weight excluding hydrogens is 288 g/mol. The van der Waals surface area contributed by atoms with E-state index < -0.39 is 0 Å². The van der Waals surface area contributed by atoms with Crippen LogP contribution in [0.5, 0.6) is 0 Å². The van der Waals surface area contributed by atoms with Gasteiger partial charge in [0, 0.05) is 25.2 Å². The average molecular weight is 322 g/mol. The molecule has 3 aliphatic heterocycles. The van der Waals surface area contributed by atoms with Crippen molar-refractivity contribution in [2.45, 2.75) is 70.0 Å². The molecule has 23 heavy (non-hydrogen) atoms. The predicted octanol–water partition coefficient (Wildman–Crippen LogP) is 1.19. The Kier molecular flexibility index (Phi) is 5.60. The Labute approximate surface area is 141 Å². The number of carbonyl (C=O) groups excluding carboxylic acids is 1. The van der Waals surface area contributed by atoms with Gasteiger partial charge in [-0.3, -0.25) is 4.79 Å². The van der Waals surface area contributed by atoms with Crippen molar-refractivity contribution in [3.8, 4) is 0 Å². The third-order valence-corrected chi connectivity index (χ3v) is 5.84. The molecule has 3 saturated heterocycles. The Morgan fingerprint density at radius 2 is 1.70 bits per heavy atom. The van der Waals surface area contributed by atoms with Crippen LogP contribution < -0.4 is 10.6 Å². The molecule has 0 aromatic rings. The van der Waals surface area contributed by atoms with E-state index in [1.165, 1.54) is 25.9 Å². The molecule has 3 aliphatic rings. The van der Waals surface area contributed by atoms with Crippen LogP contribution in [0.4, 0.5) is 0 Å². The van der Waals surface area contributed by atoms with Crippen molar-refractivity contribution in [1.29, 1.82) is 0 Å². The zero-order valence-electron chi connectivity index (χ0n) is 14.9. The van der Waals surface area contributed by atoms with E-state index in [1.807, 2.05) is 0 Å². The zero-order valence-corrected chi connectivity index (χ0v) is 14.9. The fourth-order valence-electron chi connectivity index (χ4n) is 4.67. The smallest absolute Gasteiger partial charge is 0.242 e. The van der Waals surface area contributed by atoms with E-state index in [4.69, 9.17) is 0 Å². The maximum Gasteiger partial charge on any atom is 0.242 e. The van der Waals surface area contributed by atoms with E-state index in [0.717, 1.165) is 51.9 Å². The van der Waals surface area contributed by atoms with Crippen molar-refractivity contribution in [2.75, 3.05) is 39.3 Å². The van der Waals surface area contributed by atoms with Gasteiger partial charge in [0.2, 0.25) is 5.91 Å². The number of nitrogens with one attached hydrogen (secondary N) is 2. The summed E-state index contributed by atoms with van der Waals surface area (Å²) in [5, 5.41) is 7.01. The lowest BCUT2D eigenvalue weighted by Gasteiger charge is -2.44. The van der Waals surface area contributed by atoms with Gasteiger partial charge in [-0.2, -0.15) is 0 Å². The van der Waals surface area contributed by atoms with Gasteiger partial charge in [0.25, 0.3) is 0 Å². The second-order valence-corrected chi connectivity index (χ2v) is 7.90. The van der Waals surface area contributed by atoms with Gasteiger partial charge in [0.1, 0.15) is 5.54 Å². The summed E-state index contributed by atoms with van der Waals surface area (Å²) in [7, 11) is 0. The summed E-state index contributed by atoms with van der Waals surface area (Å²) in [6.07, 6.45) is 6.84. The quantitative estimate of drug-likeness (QED) is 0.816. The summed E-state index contributed by atoms with van der Waals surface area (Å²) < 4.78 is 0. The average Bonchev–Trinajstić information content (AvgIpc) is 3.09. The van der Waals surface area contributed by atoms with Crippen molar-refractivity contribution >= 4 is 5.91 Å². The number of hydrogen-bond donors (Lipinski definition) is 2. The first-order valence-corrected chi connectivity index (χ1v) is 9.62. The fourth-order valence-corrected chi connectivity index (χ4v) is 4.67. The second kappa shape index (κ2) is 7.49. The lowest BCUT2D eigenvalue weighted by Crippen LogP contribution is -2.64. The maximum absolute atomic E-state index is 13.3. The summed E-state index contributed by atoms with van der Waals surface area (Å²) in [6, 6.07) is 1.06. The molecule has 5 nitrogen and oxygen atoms in total. The molecule has 0 aromatic heterocycles. The van der Waals surface area contributed by atoms with Crippen LogP contribution in [0.15, 0.2) is 0 Å². The first-order valence-electron chi connectivity index (χ1n) is 9.62. The maximum atomic E-state index is 13.3. The molecule has 3 fully saturated rings. The SMILES string of the molecule is CC(C)NC1(C(=O)N2CCC(N3CCCC3)CC2)CCNCC1. The lowest BCUT2D eigenvalue weighted by atomic mass is 9.85.